The average Bonchev–Trinajstić information content (AvgIpc) is 3.05. The first-order valence-electron chi connectivity index (χ1n) is 21.3. The van der Waals surface area contributed by atoms with Gasteiger partial charge in [-0.3, -0.25) is 24.0 Å². The fourth-order valence-electron chi connectivity index (χ4n) is 13.1. The summed E-state index contributed by atoms with van der Waals surface area (Å²) in [5.74, 6) is -1.25. The van der Waals surface area contributed by atoms with Gasteiger partial charge in [0, 0.05) is 18.4 Å². The molecule has 8 atom stereocenters. The van der Waals surface area contributed by atoms with Crippen LogP contribution in [0.4, 0.5) is 0 Å². The number of carbonyl (C=O) groups is 5. The van der Waals surface area contributed by atoms with Gasteiger partial charge in [-0.25, -0.2) is 0 Å². The number of aliphatic carboxylic acids is 2. The molecule has 10 nitrogen and oxygen atoms in total. The van der Waals surface area contributed by atoms with Crippen molar-refractivity contribution in [3.8, 4) is 0 Å². The van der Waals surface area contributed by atoms with Crippen molar-refractivity contribution in [3.05, 3.63) is 11.6 Å². The molecule has 10 heteroatoms. The fraction of sp³-hybridized carbons (Fsp3) is 0.844. The Morgan fingerprint density at radius 2 is 1.49 bits per heavy atom. The molecule has 0 saturated heterocycles. The quantitative estimate of drug-likeness (QED) is 0.0778. The van der Waals surface area contributed by atoms with Gasteiger partial charge in [0.05, 0.1) is 18.3 Å². The molecule has 0 aromatic heterocycles. The second kappa shape index (κ2) is 15.4. The third-order valence-corrected chi connectivity index (χ3v) is 16.4. The molecular weight excluding hydrogens is 697 g/mol. The van der Waals surface area contributed by atoms with E-state index in [2.05, 4.69) is 65.2 Å². The summed E-state index contributed by atoms with van der Waals surface area (Å²) in [5, 5.41) is 23.9. The van der Waals surface area contributed by atoms with Crippen LogP contribution < -0.4 is 10.6 Å². The molecule has 0 bridgehead atoms. The number of carboxylic acids is 2. The van der Waals surface area contributed by atoms with Gasteiger partial charge in [-0.15, -0.1) is 0 Å². The smallest absolute Gasteiger partial charge is 0.322 e. The molecule has 4 fully saturated rings. The molecule has 4 N–H and O–H groups in total. The molecular formula is C45H72N2O8. The second-order valence-corrected chi connectivity index (χ2v) is 21.4. The Bertz CT molecular complexity index is 1550. The minimum atomic E-state index is -1.05. The number of carboxylic acid groups (broad SMARTS) is 2. The SMILES string of the molecule is CC(C)(CC(=O)O)CC(=O)O[C@H]1CC[C@@]2(C)C(CC[C@]3(C)C2CC=C2C4CC(C)(C)CC[C@]4(C(=O)NCCCCCC(=O)NCC(=O)O)CC[C@]23C)C1(C)C. The van der Waals surface area contributed by atoms with Gasteiger partial charge in [0.1, 0.15) is 12.6 Å². The van der Waals surface area contributed by atoms with Crippen LogP contribution in [0, 0.1) is 55.7 Å². The first-order valence-corrected chi connectivity index (χ1v) is 21.3. The van der Waals surface area contributed by atoms with E-state index in [1.165, 1.54) is 5.57 Å². The Kier molecular flexibility index (Phi) is 12.1. The number of allylic oxidation sites excluding steroid dienone is 2. The summed E-state index contributed by atoms with van der Waals surface area (Å²) < 4.78 is 6.25. The molecule has 0 aromatic carbocycles. The molecule has 5 aliphatic carbocycles. The predicted octanol–water partition coefficient (Wildman–Crippen LogP) is 8.47. The van der Waals surface area contributed by atoms with Crippen LogP contribution in [0.3, 0.4) is 0 Å². The fourth-order valence-corrected chi connectivity index (χ4v) is 13.1. The summed E-state index contributed by atoms with van der Waals surface area (Å²) in [4.78, 5) is 61.7. The van der Waals surface area contributed by atoms with Gasteiger partial charge in [-0.1, -0.05) is 80.4 Å². The Labute approximate surface area is 330 Å². The molecule has 0 radical (unpaired) electrons. The molecule has 0 aromatic rings. The Balaban J connectivity index is 1.31. The number of ether oxygens (including phenoxy) is 1. The van der Waals surface area contributed by atoms with Crippen LogP contribution in [0.15, 0.2) is 11.6 Å². The highest BCUT2D eigenvalue weighted by Gasteiger charge is 2.69. The summed E-state index contributed by atoms with van der Waals surface area (Å²) in [6.07, 6.45) is 14.7. The van der Waals surface area contributed by atoms with E-state index in [1.54, 1.807) is 0 Å². The van der Waals surface area contributed by atoms with E-state index in [4.69, 9.17) is 9.84 Å². The number of hydrogen-bond acceptors (Lipinski definition) is 6. The van der Waals surface area contributed by atoms with Gasteiger partial charge < -0.3 is 25.6 Å². The summed E-state index contributed by atoms with van der Waals surface area (Å²) in [5.41, 5.74) is 0.515. The lowest BCUT2D eigenvalue weighted by molar-refractivity contribution is -0.213. The van der Waals surface area contributed by atoms with Crippen molar-refractivity contribution < 1.29 is 38.9 Å². The number of rotatable bonds is 14. The van der Waals surface area contributed by atoms with Crippen molar-refractivity contribution in [1.29, 1.82) is 0 Å². The zero-order chi connectivity index (χ0) is 40.8. The van der Waals surface area contributed by atoms with Gasteiger partial charge in [0.25, 0.3) is 0 Å². The number of carbonyl (C=O) groups excluding carboxylic acids is 3. The summed E-state index contributed by atoms with van der Waals surface area (Å²) in [7, 11) is 0. The summed E-state index contributed by atoms with van der Waals surface area (Å²) in [6.45, 7) is 20.8. The molecule has 2 amide bonds. The van der Waals surface area contributed by atoms with Gasteiger partial charge in [-0.05, 0) is 122 Å². The lowest BCUT2D eigenvalue weighted by atomic mass is 9.33. The molecule has 5 rings (SSSR count). The van der Waals surface area contributed by atoms with E-state index in [0.29, 0.717) is 24.8 Å². The summed E-state index contributed by atoms with van der Waals surface area (Å²) in [6, 6.07) is 0. The number of hydrogen-bond donors (Lipinski definition) is 4. The minimum Gasteiger partial charge on any atom is -0.481 e. The van der Waals surface area contributed by atoms with Crippen molar-refractivity contribution in [2.75, 3.05) is 13.1 Å². The number of amides is 2. The second-order valence-electron chi connectivity index (χ2n) is 21.4. The Morgan fingerprint density at radius 3 is 2.16 bits per heavy atom. The molecule has 0 heterocycles. The molecule has 0 aliphatic heterocycles. The number of nitrogens with one attached hydrogen (secondary N) is 2. The molecule has 55 heavy (non-hydrogen) atoms. The minimum absolute atomic E-state index is 0.0177. The van der Waals surface area contributed by atoms with Gasteiger partial charge >= 0.3 is 17.9 Å². The molecule has 4 saturated carbocycles. The highest BCUT2D eigenvalue weighted by molar-refractivity contribution is 5.84. The van der Waals surface area contributed by atoms with Crippen LogP contribution in [0.2, 0.25) is 0 Å². The van der Waals surface area contributed by atoms with Crippen LogP contribution in [0.1, 0.15) is 165 Å². The normalized spacial score (nSPS) is 36.1. The predicted molar refractivity (Wildman–Crippen MR) is 212 cm³/mol. The van der Waals surface area contributed by atoms with Crippen LogP contribution in [-0.4, -0.2) is 59.1 Å². The summed E-state index contributed by atoms with van der Waals surface area (Å²) >= 11 is 0. The third kappa shape index (κ3) is 8.26. The van der Waals surface area contributed by atoms with Crippen LogP contribution in [0.5, 0.6) is 0 Å². The lowest BCUT2D eigenvalue weighted by Crippen LogP contribution is -2.65. The van der Waals surface area contributed by atoms with E-state index in [1.807, 2.05) is 13.8 Å². The average molecular weight is 769 g/mol. The standard InChI is InChI=1S/C45H72N2O8/c1-39(2)20-22-45(38(54)46-24-12-10-11-13-34(48)47-28-36(51)52)23-21-43(8)29(30(45)25-39)14-15-32-42(7)18-17-33(41(5,6)31(42)16-19-44(32,43)9)55-37(53)27-40(3,4)26-35(49)50/h14,30-33H,10-13,15-28H2,1-9H3,(H,46,54)(H,47,48)(H,49,50)(H,51,52)/t30?,31?,32?,33-,42-,43+,44+,45-/m0/s1. The Morgan fingerprint density at radius 1 is 0.800 bits per heavy atom. The number of fused-ring (bicyclic) bond motifs is 7. The third-order valence-electron chi connectivity index (χ3n) is 16.4. The lowest BCUT2D eigenvalue weighted by Gasteiger charge is -2.71. The maximum Gasteiger partial charge on any atom is 0.322 e. The van der Waals surface area contributed by atoms with Crippen molar-refractivity contribution in [2.45, 2.75) is 171 Å². The van der Waals surface area contributed by atoms with Crippen molar-refractivity contribution in [2.24, 2.45) is 55.7 Å². The maximum atomic E-state index is 14.4. The first kappa shape index (κ1) is 43.2. The van der Waals surface area contributed by atoms with E-state index >= 15 is 0 Å². The largest absolute Gasteiger partial charge is 0.481 e. The zero-order valence-corrected chi connectivity index (χ0v) is 35.5. The van der Waals surface area contributed by atoms with E-state index in [9.17, 15) is 29.1 Å². The number of esters is 1. The van der Waals surface area contributed by atoms with Gasteiger partial charge in [0.15, 0.2) is 0 Å². The topological polar surface area (TPSA) is 159 Å². The number of unbranched alkanes of at least 4 members (excludes halogenated alkanes) is 2. The zero-order valence-electron chi connectivity index (χ0n) is 35.5. The van der Waals surface area contributed by atoms with Gasteiger partial charge in [0.2, 0.25) is 11.8 Å². The van der Waals surface area contributed by atoms with E-state index in [0.717, 1.165) is 77.0 Å². The molecule has 5 aliphatic rings. The molecule has 3 unspecified atom stereocenters. The van der Waals surface area contributed by atoms with Gasteiger partial charge in [-0.2, -0.15) is 0 Å². The molecule has 0 spiro atoms. The van der Waals surface area contributed by atoms with Crippen molar-refractivity contribution >= 4 is 29.7 Å². The van der Waals surface area contributed by atoms with E-state index < -0.39 is 22.8 Å². The monoisotopic (exact) mass is 769 g/mol. The Hall–Kier alpha value is -2.91. The van der Waals surface area contributed by atoms with Crippen molar-refractivity contribution in [1.82, 2.24) is 10.6 Å². The van der Waals surface area contributed by atoms with Crippen LogP contribution in [-0.2, 0) is 28.7 Å². The highest BCUT2D eigenvalue weighted by Crippen LogP contribution is 2.76. The first-order chi connectivity index (χ1) is 25.4. The van der Waals surface area contributed by atoms with Crippen LogP contribution in [0.25, 0.3) is 0 Å². The molecule has 310 valence electrons. The van der Waals surface area contributed by atoms with Crippen molar-refractivity contribution in [3.63, 3.8) is 0 Å². The highest BCUT2D eigenvalue weighted by atomic mass is 16.5. The maximum absolute atomic E-state index is 14.4. The van der Waals surface area contributed by atoms with Crippen LogP contribution >= 0.6 is 0 Å². The van der Waals surface area contributed by atoms with E-state index in [-0.39, 0.29) is 82.7 Å².